The average Bonchev–Trinajstić information content (AvgIpc) is 2.33. The second-order valence-corrected chi connectivity index (χ2v) is 4.04. The Morgan fingerprint density at radius 3 is 2.30 bits per heavy atom. The van der Waals surface area contributed by atoms with Gasteiger partial charge in [0.1, 0.15) is 12.2 Å². The van der Waals surface area contributed by atoms with Crippen LogP contribution in [0.2, 0.25) is 0 Å². The van der Waals surface area contributed by atoms with Crippen molar-refractivity contribution in [2.45, 2.75) is 19.1 Å². The van der Waals surface area contributed by atoms with Gasteiger partial charge in [0.05, 0.1) is 4.92 Å². The molecule has 1 aromatic carbocycles. The minimum atomic E-state index is -1.70. The first-order valence-electron chi connectivity index (χ1n) is 5.48. The summed E-state index contributed by atoms with van der Waals surface area (Å²) >= 11 is 0. The van der Waals surface area contributed by atoms with Gasteiger partial charge in [0.2, 0.25) is 17.5 Å². The number of nitrogens with zero attached hydrogens (tertiary/aromatic N) is 1. The van der Waals surface area contributed by atoms with Crippen molar-refractivity contribution in [3.05, 3.63) is 39.4 Å². The van der Waals surface area contributed by atoms with E-state index in [1.54, 1.807) is 0 Å². The molecular weight excluding hydrogens is 278 g/mol. The van der Waals surface area contributed by atoms with Crippen LogP contribution in [-0.2, 0) is 4.79 Å². The molecule has 2 unspecified atom stereocenters. The molecule has 0 aliphatic rings. The zero-order valence-electron chi connectivity index (χ0n) is 10.3. The van der Waals surface area contributed by atoms with Crippen LogP contribution in [0, 0.1) is 21.7 Å². The highest BCUT2D eigenvalue weighted by Gasteiger charge is 2.26. The van der Waals surface area contributed by atoms with Crippen molar-refractivity contribution < 1.29 is 28.7 Å². The van der Waals surface area contributed by atoms with E-state index in [2.05, 4.69) is 5.32 Å². The van der Waals surface area contributed by atoms with Crippen LogP contribution in [0.15, 0.2) is 12.1 Å². The number of benzene rings is 1. The van der Waals surface area contributed by atoms with Gasteiger partial charge in [0.25, 0.3) is 0 Å². The van der Waals surface area contributed by atoms with Gasteiger partial charge in [-0.25, -0.2) is 0 Å². The lowest BCUT2D eigenvalue weighted by molar-refractivity contribution is -0.390. The smallest absolute Gasteiger partial charge is 0.340 e. The van der Waals surface area contributed by atoms with E-state index in [4.69, 9.17) is 0 Å². The van der Waals surface area contributed by atoms with Crippen LogP contribution in [0.1, 0.15) is 18.6 Å². The topological polar surface area (TPSA) is 113 Å². The molecular formula is C11H12F2N2O5. The van der Waals surface area contributed by atoms with Crippen LogP contribution in [0.25, 0.3) is 0 Å². The number of hydrogen-bond donors (Lipinski definition) is 3. The first-order valence-corrected chi connectivity index (χ1v) is 5.48. The molecule has 0 fully saturated rings. The summed E-state index contributed by atoms with van der Waals surface area (Å²) < 4.78 is 26.7. The van der Waals surface area contributed by atoms with E-state index in [1.807, 2.05) is 0 Å². The Kier molecular flexibility index (Phi) is 5.06. The van der Waals surface area contributed by atoms with E-state index in [1.165, 1.54) is 6.92 Å². The number of halogens is 2. The lowest BCUT2D eigenvalue weighted by atomic mass is 10.0. The van der Waals surface area contributed by atoms with E-state index in [-0.39, 0.29) is 12.1 Å². The first-order chi connectivity index (χ1) is 9.23. The highest BCUT2D eigenvalue weighted by molar-refractivity contribution is 5.72. The summed E-state index contributed by atoms with van der Waals surface area (Å²) in [6.07, 6.45) is -3.22. The summed E-state index contributed by atoms with van der Waals surface area (Å²) in [5, 5.41) is 31.8. The summed E-state index contributed by atoms with van der Waals surface area (Å²) in [4.78, 5) is 19.8. The number of hydrogen-bond acceptors (Lipinski definition) is 5. The molecule has 1 aromatic rings. The Balaban J connectivity index is 2.97. The fourth-order valence-corrected chi connectivity index (χ4v) is 1.51. The van der Waals surface area contributed by atoms with Gasteiger partial charge in [-0.15, -0.1) is 0 Å². The van der Waals surface area contributed by atoms with Gasteiger partial charge in [0, 0.05) is 13.5 Å². The number of rotatable bonds is 5. The maximum atomic E-state index is 13.4. The molecule has 1 rings (SSSR count). The number of nitro groups is 1. The number of aliphatic hydroxyl groups excluding tert-OH is 2. The zero-order valence-corrected chi connectivity index (χ0v) is 10.3. The van der Waals surface area contributed by atoms with Crippen molar-refractivity contribution in [2.75, 3.05) is 6.54 Å². The van der Waals surface area contributed by atoms with E-state index in [9.17, 15) is 33.9 Å². The first kappa shape index (κ1) is 15.9. The summed E-state index contributed by atoms with van der Waals surface area (Å²) in [6, 6.07) is 1.12. The second-order valence-electron chi connectivity index (χ2n) is 4.04. The predicted molar refractivity (Wildman–Crippen MR) is 62.7 cm³/mol. The van der Waals surface area contributed by atoms with E-state index >= 15 is 0 Å². The molecule has 0 aromatic heterocycles. The molecule has 0 heterocycles. The van der Waals surface area contributed by atoms with E-state index in [0.717, 1.165) is 0 Å². The van der Waals surface area contributed by atoms with Crippen molar-refractivity contribution >= 4 is 11.6 Å². The zero-order chi connectivity index (χ0) is 15.4. The SMILES string of the molecule is CC(=O)NCC(O)C(O)c1cc(F)c([N+](=O)[O-])c(F)c1. The second kappa shape index (κ2) is 6.35. The van der Waals surface area contributed by atoms with Crippen molar-refractivity contribution in [1.82, 2.24) is 5.32 Å². The van der Waals surface area contributed by atoms with Crippen molar-refractivity contribution in [2.24, 2.45) is 0 Å². The fraction of sp³-hybridized carbons (Fsp3) is 0.364. The molecule has 0 saturated carbocycles. The lowest BCUT2D eigenvalue weighted by Gasteiger charge is -2.18. The van der Waals surface area contributed by atoms with Crippen LogP contribution >= 0.6 is 0 Å². The normalized spacial score (nSPS) is 13.7. The van der Waals surface area contributed by atoms with Gasteiger partial charge in [0.15, 0.2) is 0 Å². The quantitative estimate of drug-likeness (QED) is 0.537. The van der Waals surface area contributed by atoms with Crippen LogP contribution in [0.4, 0.5) is 14.5 Å². The molecule has 0 radical (unpaired) electrons. The van der Waals surface area contributed by atoms with Gasteiger partial charge >= 0.3 is 5.69 Å². The molecule has 0 bridgehead atoms. The summed E-state index contributed by atoms with van der Waals surface area (Å²) in [5.74, 6) is -3.39. The molecule has 7 nitrogen and oxygen atoms in total. The molecule has 9 heteroatoms. The molecule has 0 aliphatic heterocycles. The molecule has 0 saturated heterocycles. The third-order valence-corrected chi connectivity index (χ3v) is 2.49. The Labute approximate surface area is 112 Å². The molecule has 0 aliphatic carbocycles. The molecule has 20 heavy (non-hydrogen) atoms. The summed E-state index contributed by atoms with van der Waals surface area (Å²) in [7, 11) is 0. The Morgan fingerprint density at radius 1 is 1.40 bits per heavy atom. The number of amides is 1. The number of nitro benzene ring substituents is 1. The minimum Gasteiger partial charge on any atom is -0.388 e. The number of nitrogens with one attached hydrogen (secondary N) is 1. The largest absolute Gasteiger partial charge is 0.388 e. The van der Waals surface area contributed by atoms with Crippen molar-refractivity contribution in [3.63, 3.8) is 0 Å². The van der Waals surface area contributed by atoms with E-state index < -0.39 is 40.4 Å². The average molecular weight is 290 g/mol. The van der Waals surface area contributed by atoms with Gasteiger partial charge in [-0.3, -0.25) is 14.9 Å². The molecule has 3 N–H and O–H groups in total. The van der Waals surface area contributed by atoms with Crippen LogP contribution < -0.4 is 5.32 Å². The third-order valence-electron chi connectivity index (χ3n) is 2.49. The third kappa shape index (κ3) is 3.68. The maximum absolute atomic E-state index is 13.4. The van der Waals surface area contributed by atoms with Crippen molar-refractivity contribution in [3.8, 4) is 0 Å². The fourth-order valence-electron chi connectivity index (χ4n) is 1.51. The van der Waals surface area contributed by atoms with Crippen LogP contribution in [0.5, 0.6) is 0 Å². The maximum Gasteiger partial charge on any atom is 0.340 e. The molecule has 110 valence electrons. The highest BCUT2D eigenvalue weighted by Crippen LogP contribution is 2.27. The highest BCUT2D eigenvalue weighted by atomic mass is 19.1. The van der Waals surface area contributed by atoms with Crippen molar-refractivity contribution in [1.29, 1.82) is 0 Å². The monoisotopic (exact) mass is 290 g/mol. The Hall–Kier alpha value is -2.13. The molecule has 2 atom stereocenters. The summed E-state index contributed by atoms with van der Waals surface area (Å²) in [6.45, 7) is 0.848. The van der Waals surface area contributed by atoms with Gasteiger partial charge in [-0.05, 0) is 17.7 Å². The Morgan fingerprint density at radius 2 is 1.90 bits per heavy atom. The summed E-state index contributed by atoms with van der Waals surface area (Å²) in [5.41, 5.74) is -1.71. The minimum absolute atomic E-state index is 0.337. The Bertz CT molecular complexity index is 515. The van der Waals surface area contributed by atoms with Crippen LogP contribution in [0.3, 0.4) is 0 Å². The predicted octanol–water partition coefficient (Wildman–Crippen LogP) is 0.403. The number of aliphatic hydroxyl groups is 2. The molecule has 1 amide bonds. The van der Waals surface area contributed by atoms with Gasteiger partial charge < -0.3 is 15.5 Å². The number of carbonyl (C=O) groups is 1. The van der Waals surface area contributed by atoms with Crippen LogP contribution in [-0.4, -0.2) is 33.7 Å². The molecule has 0 spiro atoms. The number of carbonyl (C=O) groups excluding carboxylic acids is 1. The van der Waals surface area contributed by atoms with E-state index in [0.29, 0.717) is 12.1 Å². The van der Waals surface area contributed by atoms with Gasteiger partial charge in [-0.1, -0.05) is 0 Å². The standard InChI is InChI=1S/C11H12F2N2O5/c1-5(16)14-4-9(17)11(18)6-2-7(12)10(15(19)20)8(13)3-6/h2-3,9,11,17-18H,4H2,1H3,(H,14,16). The lowest BCUT2D eigenvalue weighted by Crippen LogP contribution is -2.34. The van der Waals surface area contributed by atoms with Gasteiger partial charge in [-0.2, -0.15) is 8.78 Å².